The Labute approximate surface area is 206 Å². The van der Waals surface area contributed by atoms with Gasteiger partial charge in [-0.1, -0.05) is 36.5 Å². The van der Waals surface area contributed by atoms with Crippen LogP contribution in [-0.2, 0) is 12.6 Å². The number of fused-ring (bicyclic) bond motifs is 1. The smallest absolute Gasteiger partial charge is 0.416 e. The maximum atomic E-state index is 13.4. The van der Waals surface area contributed by atoms with Gasteiger partial charge in [0.2, 0.25) is 11.7 Å². The molecule has 0 radical (unpaired) electrons. The number of carbonyl (C=O) groups excluding carboxylic acids is 1. The SMILES string of the molecule is CCc1ccc2nc(-n3c(O)c(O)c(C(=O)c4ccc(C)o4)c3-c3ccc(C(F)(F)F)cc3)sc2c1. The third-order valence-corrected chi connectivity index (χ3v) is 6.84. The molecule has 5 rings (SSSR count). The predicted octanol–water partition coefficient (Wildman–Crippen LogP) is 6.88. The third-order valence-electron chi connectivity index (χ3n) is 5.84. The number of halogens is 3. The molecule has 184 valence electrons. The number of hydrogen-bond donors (Lipinski definition) is 2. The lowest BCUT2D eigenvalue weighted by Gasteiger charge is -2.11. The Bertz CT molecular complexity index is 1610. The summed E-state index contributed by atoms with van der Waals surface area (Å²) >= 11 is 1.21. The van der Waals surface area contributed by atoms with Crippen LogP contribution in [0.25, 0.3) is 26.6 Å². The lowest BCUT2D eigenvalue weighted by molar-refractivity contribution is -0.137. The Morgan fingerprint density at radius 1 is 1.08 bits per heavy atom. The van der Waals surface area contributed by atoms with E-state index in [0.29, 0.717) is 11.3 Å². The average molecular weight is 513 g/mol. The fourth-order valence-corrected chi connectivity index (χ4v) is 5.03. The molecule has 0 unspecified atom stereocenters. The monoisotopic (exact) mass is 512 g/mol. The van der Waals surface area contributed by atoms with Gasteiger partial charge in [0.05, 0.1) is 27.0 Å². The average Bonchev–Trinajstić information content (AvgIpc) is 3.53. The van der Waals surface area contributed by atoms with Crippen LogP contribution in [0.4, 0.5) is 13.2 Å². The van der Waals surface area contributed by atoms with E-state index in [4.69, 9.17) is 4.42 Å². The molecule has 6 nitrogen and oxygen atoms in total. The summed E-state index contributed by atoms with van der Waals surface area (Å²) < 4.78 is 47.0. The first kappa shape index (κ1) is 23.7. The molecule has 0 aliphatic heterocycles. The van der Waals surface area contributed by atoms with Gasteiger partial charge in [-0.05, 0) is 60.9 Å². The molecular weight excluding hydrogens is 493 g/mol. The highest BCUT2D eigenvalue weighted by Crippen LogP contribution is 2.45. The van der Waals surface area contributed by atoms with Gasteiger partial charge < -0.3 is 14.6 Å². The molecule has 0 atom stereocenters. The number of thiazole rings is 1. The largest absolute Gasteiger partial charge is 0.503 e. The number of furan rings is 1. The Hall–Kier alpha value is -4.05. The van der Waals surface area contributed by atoms with Crippen LogP contribution in [0.5, 0.6) is 11.6 Å². The van der Waals surface area contributed by atoms with Crippen molar-refractivity contribution in [2.75, 3.05) is 0 Å². The first-order valence-electron chi connectivity index (χ1n) is 10.9. The van der Waals surface area contributed by atoms with Gasteiger partial charge >= 0.3 is 6.18 Å². The third kappa shape index (κ3) is 3.93. The van der Waals surface area contributed by atoms with E-state index in [0.717, 1.165) is 28.8 Å². The zero-order valence-electron chi connectivity index (χ0n) is 19.1. The van der Waals surface area contributed by atoms with Crippen molar-refractivity contribution in [2.45, 2.75) is 26.4 Å². The highest BCUT2D eigenvalue weighted by Gasteiger charge is 2.34. The second-order valence-corrected chi connectivity index (χ2v) is 9.21. The summed E-state index contributed by atoms with van der Waals surface area (Å²) in [6.45, 7) is 3.65. The van der Waals surface area contributed by atoms with Crippen LogP contribution in [0.1, 0.15) is 39.9 Å². The molecule has 0 amide bonds. The second-order valence-electron chi connectivity index (χ2n) is 8.20. The van der Waals surface area contributed by atoms with Crippen molar-refractivity contribution < 1.29 is 32.6 Å². The van der Waals surface area contributed by atoms with Gasteiger partial charge in [-0.25, -0.2) is 4.98 Å². The first-order chi connectivity index (χ1) is 17.1. The van der Waals surface area contributed by atoms with Crippen molar-refractivity contribution in [3.05, 3.63) is 82.8 Å². The number of hydrogen-bond acceptors (Lipinski definition) is 6. The summed E-state index contributed by atoms with van der Waals surface area (Å²) in [7, 11) is 0. The molecular formula is C26H19F3N2O4S. The number of aromatic hydroxyl groups is 2. The zero-order valence-corrected chi connectivity index (χ0v) is 19.9. The number of benzene rings is 2. The normalized spacial score (nSPS) is 11.9. The van der Waals surface area contributed by atoms with E-state index in [9.17, 15) is 28.2 Å². The summed E-state index contributed by atoms with van der Waals surface area (Å²) in [4.78, 5) is 17.9. The molecule has 3 aromatic heterocycles. The van der Waals surface area contributed by atoms with Crippen LogP contribution in [-0.4, -0.2) is 25.5 Å². The molecule has 2 N–H and O–H groups in total. The fraction of sp³-hybridized carbons (Fsp3) is 0.154. The summed E-state index contributed by atoms with van der Waals surface area (Å²) in [5.74, 6) is -1.76. The Balaban J connectivity index is 1.77. The number of nitrogens with zero attached hydrogens (tertiary/aromatic N) is 2. The molecule has 0 bridgehead atoms. The van der Waals surface area contributed by atoms with E-state index in [2.05, 4.69) is 4.98 Å². The van der Waals surface area contributed by atoms with Crippen LogP contribution in [0.2, 0.25) is 0 Å². The predicted molar refractivity (Wildman–Crippen MR) is 129 cm³/mol. The maximum absolute atomic E-state index is 13.4. The Kier molecular flexibility index (Phi) is 5.63. The maximum Gasteiger partial charge on any atom is 0.416 e. The molecule has 0 saturated carbocycles. The van der Waals surface area contributed by atoms with Gasteiger partial charge in [-0.2, -0.15) is 13.2 Å². The minimum absolute atomic E-state index is 0.00690. The number of aryl methyl sites for hydroxylation is 2. The molecule has 5 aromatic rings. The van der Waals surface area contributed by atoms with Crippen LogP contribution in [0, 0.1) is 6.92 Å². The van der Waals surface area contributed by atoms with E-state index in [1.165, 1.54) is 34.1 Å². The van der Waals surface area contributed by atoms with Crippen LogP contribution in [0.15, 0.2) is 59.0 Å². The number of alkyl halides is 3. The minimum Gasteiger partial charge on any atom is -0.503 e. The molecule has 0 aliphatic carbocycles. The van der Waals surface area contributed by atoms with E-state index in [-0.39, 0.29) is 27.7 Å². The van der Waals surface area contributed by atoms with Crippen molar-refractivity contribution in [3.8, 4) is 28.0 Å². The standard InChI is InChI=1S/C26H19F3N2O4S/c1-3-14-5-10-17-19(12-14)36-25(30-17)31-21(15-6-8-16(9-7-15)26(27,28)29)20(23(33)24(31)34)22(32)18-11-4-13(2)35-18/h4-12,33-34H,3H2,1-2H3. The topological polar surface area (TPSA) is 88.5 Å². The van der Waals surface area contributed by atoms with Crippen molar-refractivity contribution >= 4 is 27.3 Å². The number of carbonyl (C=O) groups is 1. The second kappa shape index (κ2) is 8.56. The summed E-state index contributed by atoms with van der Waals surface area (Å²) in [6, 6.07) is 12.8. The van der Waals surface area contributed by atoms with Crippen LogP contribution < -0.4 is 0 Å². The summed E-state index contributed by atoms with van der Waals surface area (Å²) in [6.07, 6.45) is -3.75. The number of rotatable bonds is 5. The van der Waals surface area contributed by atoms with E-state index in [1.807, 2.05) is 25.1 Å². The van der Waals surface area contributed by atoms with E-state index < -0.39 is 29.2 Å². The fourth-order valence-electron chi connectivity index (χ4n) is 3.99. The molecule has 0 spiro atoms. The molecule has 10 heteroatoms. The van der Waals surface area contributed by atoms with Gasteiger partial charge in [0.25, 0.3) is 0 Å². The molecule has 0 aliphatic rings. The minimum atomic E-state index is -4.56. The lowest BCUT2D eigenvalue weighted by atomic mass is 10.0. The Morgan fingerprint density at radius 3 is 2.42 bits per heavy atom. The van der Waals surface area contributed by atoms with Gasteiger partial charge in [-0.3, -0.25) is 9.36 Å². The van der Waals surface area contributed by atoms with Crippen molar-refractivity contribution in [1.29, 1.82) is 0 Å². The van der Waals surface area contributed by atoms with Gasteiger partial charge in [-0.15, -0.1) is 0 Å². The van der Waals surface area contributed by atoms with E-state index >= 15 is 0 Å². The molecule has 0 saturated heterocycles. The Morgan fingerprint density at radius 2 is 1.81 bits per heavy atom. The quantitative estimate of drug-likeness (QED) is 0.251. The highest BCUT2D eigenvalue weighted by molar-refractivity contribution is 7.20. The van der Waals surface area contributed by atoms with Gasteiger partial charge in [0, 0.05) is 0 Å². The lowest BCUT2D eigenvalue weighted by Crippen LogP contribution is -2.06. The van der Waals surface area contributed by atoms with Crippen LogP contribution in [0.3, 0.4) is 0 Å². The number of aromatic nitrogens is 2. The summed E-state index contributed by atoms with van der Waals surface area (Å²) in [5.41, 5.74) is 0.679. The van der Waals surface area contributed by atoms with Crippen LogP contribution >= 0.6 is 11.3 Å². The molecule has 0 fully saturated rings. The zero-order chi connectivity index (χ0) is 25.8. The first-order valence-corrected chi connectivity index (χ1v) is 11.8. The van der Waals surface area contributed by atoms with E-state index in [1.54, 1.807) is 13.0 Å². The molecule has 2 aromatic carbocycles. The van der Waals surface area contributed by atoms with Gasteiger partial charge in [0.15, 0.2) is 16.6 Å². The van der Waals surface area contributed by atoms with Crippen molar-refractivity contribution in [1.82, 2.24) is 9.55 Å². The molecule has 36 heavy (non-hydrogen) atoms. The number of ketones is 1. The highest BCUT2D eigenvalue weighted by atomic mass is 32.1. The van der Waals surface area contributed by atoms with Crippen molar-refractivity contribution in [3.63, 3.8) is 0 Å². The summed E-state index contributed by atoms with van der Waals surface area (Å²) in [5, 5.41) is 22.0. The molecule has 3 heterocycles. The van der Waals surface area contributed by atoms with Crippen molar-refractivity contribution in [2.24, 2.45) is 0 Å². The van der Waals surface area contributed by atoms with Gasteiger partial charge in [0.1, 0.15) is 5.76 Å².